The van der Waals surface area contributed by atoms with Crippen LogP contribution in [0.3, 0.4) is 0 Å². The van der Waals surface area contributed by atoms with Gasteiger partial charge >= 0.3 is 0 Å². The van der Waals surface area contributed by atoms with Crippen molar-refractivity contribution in [2.24, 2.45) is 0 Å². The van der Waals surface area contributed by atoms with Gasteiger partial charge in [0.15, 0.2) is 5.79 Å². The minimum Gasteiger partial charge on any atom is -0.373 e. The lowest BCUT2D eigenvalue weighted by Gasteiger charge is -2.27. The maximum atomic E-state index is 5.77. The maximum Gasteiger partial charge on any atom is 0.163 e. The largest absolute Gasteiger partial charge is 0.373 e. The van der Waals surface area contributed by atoms with Gasteiger partial charge in [0.05, 0.1) is 6.61 Å². The highest BCUT2D eigenvalue weighted by molar-refractivity contribution is 4.93. The number of hydrogen-bond acceptors (Lipinski definition) is 3. The number of ether oxygens (including phenoxy) is 2. The van der Waals surface area contributed by atoms with Gasteiger partial charge in [0.2, 0.25) is 0 Å². The summed E-state index contributed by atoms with van der Waals surface area (Å²) < 4.78 is 11.3. The molecule has 3 heteroatoms. The van der Waals surface area contributed by atoms with E-state index in [4.69, 9.17) is 9.47 Å². The van der Waals surface area contributed by atoms with E-state index in [2.05, 4.69) is 25.3 Å². The number of allylic oxidation sites excluding steroid dienone is 1. The van der Waals surface area contributed by atoms with Crippen LogP contribution in [-0.4, -0.2) is 36.5 Å². The summed E-state index contributed by atoms with van der Waals surface area (Å²) in [6.07, 6.45) is 1.16. The van der Waals surface area contributed by atoms with Crippen LogP contribution in [0.1, 0.15) is 34.1 Å². The van der Waals surface area contributed by atoms with Crippen LogP contribution in [0.15, 0.2) is 12.3 Å². The third-order valence-electron chi connectivity index (χ3n) is 2.73. The molecule has 1 aliphatic heterocycles. The van der Waals surface area contributed by atoms with Crippen molar-refractivity contribution in [2.45, 2.75) is 46.0 Å². The van der Waals surface area contributed by atoms with Gasteiger partial charge in [-0.2, -0.15) is 0 Å². The smallest absolute Gasteiger partial charge is 0.163 e. The lowest BCUT2D eigenvalue weighted by Crippen LogP contribution is -2.33. The van der Waals surface area contributed by atoms with Crippen LogP contribution >= 0.6 is 0 Å². The van der Waals surface area contributed by atoms with Gasteiger partial charge in [-0.05, 0) is 27.2 Å². The second-order valence-electron chi connectivity index (χ2n) is 4.41. The topological polar surface area (TPSA) is 21.7 Å². The van der Waals surface area contributed by atoms with E-state index in [0.29, 0.717) is 6.61 Å². The zero-order valence-electron chi connectivity index (χ0n) is 10.4. The molecule has 1 heterocycles. The number of likely N-dealkylation sites (N-methyl/N-ethyl adjacent to an activating group) is 1. The molecule has 15 heavy (non-hydrogen) atoms. The molecule has 0 spiro atoms. The van der Waals surface area contributed by atoms with Crippen LogP contribution in [0.25, 0.3) is 0 Å². The molecule has 3 nitrogen and oxygen atoms in total. The maximum absolute atomic E-state index is 5.77. The average Bonchev–Trinajstić information content (AvgIpc) is 2.53. The minimum absolute atomic E-state index is 0.170. The Labute approximate surface area is 93.0 Å². The molecule has 0 saturated carbocycles. The third kappa shape index (κ3) is 3.50. The first-order chi connectivity index (χ1) is 6.98. The molecule has 0 aromatic carbocycles. The Morgan fingerprint density at radius 1 is 1.47 bits per heavy atom. The fourth-order valence-corrected chi connectivity index (χ4v) is 1.80. The summed E-state index contributed by atoms with van der Waals surface area (Å²) in [5.74, 6) is -0.419. The van der Waals surface area contributed by atoms with Gasteiger partial charge in [0, 0.05) is 18.8 Å². The van der Waals surface area contributed by atoms with Gasteiger partial charge < -0.3 is 14.4 Å². The zero-order valence-corrected chi connectivity index (χ0v) is 10.4. The highest BCUT2D eigenvalue weighted by Crippen LogP contribution is 2.23. The quantitative estimate of drug-likeness (QED) is 0.700. The molecule has 1 fully saturated rings. The van der Waals surface area contributed by atoms with Crippen molar-refractivity contribution in [3.63, 3.8) is 0 Å². The summed E-state index contributed by atoms with van der Waals surface area (Å²) in [5, 5.41) is 0. The predicted molar refractivity (Wildman–Crippen MR) is 61.6 cm³/mol. The van der Waals surface area contributed by atoms with Crippen molar-refractivity contribution in [1.82, 2.24) is 4.90 Å². The third-order valence-corrected chi connectivity index (χ3v) is 2.73. The molecule has 1 rings (SSSR count). The van der Waals surface area contributed by atoms with Crippen LogP contribution in [0.5, 0.6) is 0 Å². The van der Waals surface area contributed by atoms with E-state index in [-0.39, 0.29) is 6.10 Å². The summed E-state index contributed by atoms with van der Waals surface area (Å²) in [5.41, 5.74) is 1.17. The molecule has 0 bridgehead atoms. The minimum atomic E-state index is -0.419. The van der Waals surface area contributed by atoms with E-state index in [1.54, 1.807) is 0 Å². The molecule has 0 unspecified atom stereocenters. The molecular formula is C12H23NO2. The standard InChI is InChI=1S/C12H23NO2/c1-6-10(3)13(7-2)8-11-9-14-12(4,5)15-11/h11H,3,6-9H2,1-2,4-5H3/t11-/m1/s1. The normalized spacial score (nSPS) is 24.1. The molecule has 0 N–H and O–H groups in total. The average molecular weight is 213 g/mol. The van der Waals surface area contributed by atoms with E-state index in [1.165, 1.54) is 5.70 Å². The molecule has 1 aliphatic rings. The summed E-state index contributed by atoms with van der Waals surface area (Å²) >= 11 is 0. The summed E-state index contributed by atoms with van der Waals surface area (Å²) in [6.45, 7) is 14.8. The molecule has 0 aromatic rings. The first-order valence-corrected chi connectivity index (χ1v) is 5.73. The van der Waals surface area contributed by atoms with Gasteiger partial charge in [-0.15, -0.1) is 0 Å². The predicted octanol–water partition coefficient (Wildman–Crippen LogP) is 2.38. The van der Waals surface area contributed by atoms with Crippen molar-refractivity contribution in [3.8, 4) is 0 Å². The molecule has 1 atom stereocenters. The highest BCUT2D eigenvalue weighted by atomic mass is 16.7. The van der Waals surface area contributed by atoms with Gasteiger partial charge in [-0.3, -0.25) is 0 Å². The van der Waals surface area contributed by atoms with Crippen molar-refractivity contribution >= 4 is 0 Å². The van der Waals surface area contributed by atoms with Crippen molar-refractivity contribution in [1.29, 1.82) is 0 Å². The Balaban J connectivity index is 2.43. The molecular weight excluding hydrogens is 190 g/mol. The second-order valence-corrected chi connectivity index (χ2v) is 4.41. The van der Waals surface area contributed by atoms with E-state index in [1.807, 2.05) is 13.8 Å². The van der Waals surface area contributed by atoms with Crippen molar-refractivity contribution in [2.75, 3.05) is 19.7 Å². The lowest BCUT2D eigenvalue weighted by molar-refractivity contribution is -0.139. The van der Waals surface area contributed by atoms with Gasteiger partial charge in [0.25, 0.3) is 0 Å². The van der Waals surface area contributed by atoms with E-state index >= 15 is 0 Å². The Kier molecular flexibility index (Phi) is 4.17. The van der Waals surface area contributed by atoms with Crippen molar-refractivity contribution < 1.29 is 9.47 Å². The Hall–Kier alpha value is -0.540. The fraction of sp³-hybridized carbons (Fsp3) is 0.833. The number of rotatable bonds is 5. The molecule has 0 amide bonds. The monoisotopic (exact) mass is 213 g/mol. The lowest BCUT2D eigenvalue weighted by atomic mass is 10.2. The Morgan fingerprint density at radius 3 is 2.53 bits per heavy atom. The first-order valence-electron chi connectivity index (χ1n) is 5.73. The van der Waals surface area contributed by atoms with Crippen LogP contribution < -0.4 is 0 Å². The molecule has 0 radical (unpaired) electrons. The summed E-state index contributed by atoms with van der Waals surface area (Å²) in [6, 6.07) is 0. The number of hydrogen-bond donors (Lipinski definition) is 0. The first kappa shape index (κ1) is 12.5. The molecule has 88 valence electrons. The zero-order chi connectivity index (χ0) is 11.5. The summed E-state index contributed by atoms with van der Waals surface area (Å²) in [7, 11) is 0. The van der Waals surface area contributed by atoms with Crippen LogP contribution in [-0.2, 0) is 9.47 Å². The van der Waals surface area contributed by atoms with Gasteiger partial charge in [-0.1, -0.05) is 13.5 Å². The van der Waals surface area contributed by atoms with Crippen LogP contribution in [0.4, 0.5) is 0 Å². The number of nitrogens with zero attached hydrogens (tertiary/aromatic N) is 1. The Morgan fingerprint density at radius 2 is 2.13 bits per heavy atom. The SMILES string of the molecule is C=C(CC)N(CC)C[C@@H]1COC(C)(C)O1. The van der Waals surface area contributed by atoms with Gasteiger partial charge in [-0.25, -0.2) is 0 Å². The molecule has 1 saturated heterocycles. The van der Waals surface area contributed by atoms with Crippen LogP contribution in [0.2, 0.25) is 0 Å². The van der Waals surface area contributed by atoms with Crippen molar-refractivity contribution in [3.05, 3.63) is 12.3 Å². The molecule has 0 aromatic heterocycles. The second kappa shape index (κ2) is 4.99. The van der Waals surface area contributed by atoms with Crippen LogP contribution in [0, 0.1) is 0 Å². The van der Waals surface area contributed by atoms with E-state index in [9.17, 15) is 0 Å². The summed E-state index contributed by atoms with van der Waals surface area (Å²) in [4.78, 5) is 2.26. The van der Waals surface area contributed by atoms with Gasteiger partial charge in [0.1, 0.15) is 6.10 Å². The Bertz CT molecular complexity index is 226. The molecule has 0 aliphatic carbocycles. The van der Waals surface area contributed by atoms with E-state index < -0.39 is 5.79 Å². The fourth-order valence-electron chi connectivity index (χ4n) is 1.80. The van der Waals surface area contributed by atoms with E-state index in [0.717, 1.165) is 19.5 Å². The highest BCUT2D eigenvalue weighted by Gasteiger charge is 2.33.